The SMILES string of the molecule is COC(=O)C(=O)N1CC2(CCNCC2)C1. The van der Waals surface area contributed by atoms with Crippen molar-refractivity contribution in [2.75, 3.05) is 33.3 Å². The zero-order valence-electron chi connectivity index (χ0n) is 8.91. The standard InChI is InChI=1S/C10H16N2O3/c1-15-9(14)8(13)12-6-10(7-12)2-4-11-5-3-10/h11H,2-7H2,1H3. The molecule has 5 nitrogen and oxygen atoms in total. The minimum absolute atomic E-state index is 0.273. The minimum atomic E-state index is -0.751. The Kier molecular flexibility index (Phi) is 2.65. The highest BCUT2D eigenvalue weighted by Crippen LogP contribution is 2.38. The van der Waals surface area contributed by atoms with Gasteiger partial charge in [0, 0.05) is 18.5 Å². The highest BCUT2D eigenvalue weighted by Gasteiger charge is 2.46. The van der Waals surface area contributed by atoms with Crippen LogP contribution in [0.1, 0.15) is 12.8 Å². The Morgan fingerprint density at radius 2 is 1.87 bits per heavy atom. The smallest absolute Gasteiger partial charge is 0.396 e. The first-order chi connectivity index (χ1) is 7.17. The average molecular weight is 212 g/mol. The normalized spacial score (nSPS) is 23.4. The predicted molar refractivity (Wildman–Crippen MR) is 53.1 cm³/mol. The lowest BCUT2D eigenvalue weighted by Gasteiger charge is -2.51. The molecule has 0 bridgehead atoms. The summed E-state index contributed by atoms with van der Waals surface area (Å²) < 4.78 is 4.40. The third-order valence-electron chi connectivity index (χ3n) is 3.36. The quantitative estimate of drug-likeness (QED) is 0.429. The third-order valence-corrected chi connectivity index (χ3v) is 3.36. The molecule has 0 aromatic carbocycles. The Hall–Kier alpha value is -1.10. The number of hydrogen-bond acceptors (Lipinski definition) is 4. The molecule has 84 valence electrons. The van der Waals surface area contributed by atoms with E-state index < -0.39 is 11.9 Å². The molecule has 5 heteroatoms. The summed E-state index contributed by atoms with van der Waals surface area (Å²) in [5.74, 6) is -1.25. The van der Waals surface area contributed by atoms with Crippen LogP contribution in [0.2, 0.25) is 0 Å². The first-order valence-corrected chi connectivity index (χ1v) is 5.25. The highest BCUT2D eigenvalue weighted by atomic mass is 16.5. The van der Waals surface area contributed by atoms with Gasteiger partial charge in [0.2, 0.25) is 0 Å². The van der Waals surface area contributed by atoms with Crippen LogP contribution in [0, 0.1) is 5.41 Å². The molecule has 1 N–H and O–H groups in total. The van der Waals surface area contributed by atoms with Gasteiger partial charge in [0.25, 0.3) is 0 Å². The topological polar surface area (TPSA) is 58.6 Å². The fourth-order valence-corrected chi connectivity index (χ4v) is 2.40. The summed E-state index contributed by atoms with van der Waals surface area (Å²) in [5.41, 5.74) is 0.273. The zero-order chi connectivity index (χ0) is 10.9. The average Bonchev–Trinajstić information content (AvgIpc) is 2.25. The number of esters is 1. The van der Waals surface area contributed by atoms with Crippen molar-refractivity contribution in [1.82, 2.24) is 10.2 Å². The second-order valence-electron chi connectivity index (χ2n) is 4.40. The molecule has 0 unspecified atom stereocenters. The first-order valence-electron chi connectivity index (χ1n) is 5.25. The number of nitrogens with zero attached hydrogens (tertiary/aromatic N) is 1. The molecule has 0 aliphatic carbocycles. The van der Waals surface area contributed by atoms with Crippen molar-refractivity contribution in [2.45, 2.75) is 12.8 Å². The number of hydrogen-bond donors (Lipinski definition) is 1. The Labute approximate surface area is 88.8 Å². The van der Waals surface area contributed by atoms with E-state index in [1.54, 1.807) is 4.90 Å². The summed E-state index contributed by atoms with van der Waals surface area (Å²) in [5, 5.41) is 3.29. The Balaban J connectivity index is 1.86. The number of ether oxygens (including phenoxy) is 1. The van der Waals surface area contributed by atoms with Crippen LogP contribution in [0.25, 0.3) is 0 Å². The van der Waals surface area contributed by atoms with E-state index in [9.17, 15) is 9.59 Å². The number of carbonyl (C=O) groups is 2. The first kappa shape index (κ1) is 10.4. The van der Waals surface area contributed by atoms with Gasteiger partial charge in [0.1, 0.15) is 0 Å². The molecule has 0 atom stereocenters. The Bertz CT molecular complexity index is 276. The van der Waals surface area contributed by atoms with Crippen molar-refractivity contribution in [3.05, 3.63) is 0 Å². The molecule has 2 aliphatic heterocycles. The zero-order valence-corrected chi connectivity index (χ0v) is 8.91. The van der Waals surface area contributed by atoms with Gasteiger partial charge in [-0.05, 0) is 25.9 Å². The van der Waals surface area contributed by atoms with Crippen LogP contribution in [0.4, 0.5) is 0 Å². The molecule has 2 heterocycles. The molecule has 0 aromatic heterocycles. The van der Waals surface area contributed by atoms with E-state index in [2.05, 4.69) is 10.1 Å². The summed E-state index contributed by atoms with van der Waals surface area (Å²) in [4.78, 5) is 24.0. The van der Waals surface area contributed by atoms with E-state index in [0.29, 0.717) is 13.1 Å². The maximum atomic E-state index is 11.4. The van der Waals surface area contributed by atoms with Gasteiger partial charge in [-0.15, -0.1) is 0 Å². The van der Waals surface area contributed by atoms with E-state index in [0.717, 1.165) is 25.9 Å². The van der Waals surface area contributed by atoms with Crippen molar-refractivity contribution in [2.24, 2.45) is 5.41 Å². The Morgan fingerprint density at radius 1 is 1.27 bits per heavy atom. The summed E-state index contributed by atoms with van der Waals surface area (Å²) in [6.07, 6.45) is 2.19. The maximum absolute atomic E-state index is 11.4. The molecule has 2 rings (SSSR count). The van der Waals surface area contributed by atoms with Crippen molar-refractivity contribution in [3.8, 4) is 0 Å². The molecule has 2 saturated heterocycles. The van der Waals surface area contributed by atoms with Gasteiger partial charge in [0.05, 0.1) is 7.11 Å². The summed E-state index contributed by atoms with van der Waals surface area (Å²) in [6, 6.07) is 0. The summed E-state index contributed by atoms with van der Waals surface area (Å²) in [7, 11) is 1.24. The van der Waals surface area contributed by atoms with Crippen LogP contribution >= 0.6 is 0 Å². The van der Waals surface area contributed by atoms with Gasteiger partial charge >= 0.3 is 11.9 Å². The highest BCUT2D eigenvalue weighted by molar-refractivity contribution is 6.32. The van der Waals surface area contributed by atoms with Crippen LogP contribution in [0.3, 0.4) is 0 Å². The summed E-state index contributed by atoms with van der Waals surface area (Å²) in [6.45, 7) is 3.45. The fraction of sp³-hybridized carbons (Fsp3) is 0.800. The molecule has 2 aliphatic rings. The van der Waals surface area contributed by atoms with Gasteiger partial charge in [0.15, 0.2) is 0 Å². The molecule has 1 amide bonds. The van der Waals surface area contributed by atoms with Gasteiger partial charge in [-0.1, -0.05) is 0 Å². The lowest BCUT2D eigenvalue weighted by atomic mass is 9.72. The third kappa shape index (κ3) is 1.84. The largest absolute Gasteiger partial charge is 0.462 e. The minimum Gasteiger partial charge on any atom is -0.462 e. The number of likely N-dealkylation sites (tertiary alicyclic amines) is 1. The van der Waals surface area contributed by atoms with Crippen LogP contribution in [-0.2, 0) is 14.3 Å². The summed E-state index contributed by atoms with van der Waals surface area (Å²) >= 11 is 0. The number of piperidine rings is 1. The molecular weight excluding hydrogens is 196 g/mol. The molecule has 1 spiro atoms. The molecule has 0 radical (unpaired) electrons. The molecule has 0 aromatic rings. The second kappa shape index (κ2) is 3.81. The van der Waals surface area contributed by atoms with Gasteiger partial charge in [-0.3, -0.25) is 4.79 Å². The molecular formula is C10H16N2O3. The fourth-order valence-electron chi connectivity index (χ4n) is 2.40. The molecule has 2 fully saturated rings. The Morgan fingerprint density at radius 3 is 2.40 bits per heavy atom. The van der Waals surface area contributed by atoms with Crippen molar-refractivity contribution < 1.29 is 14.3 Å². The monoisotopic (exact) mass is 212 g/mol. The number of nitrogens with one attached hydrogen (secondary N) is 1. The lowest BCUT2D eigenvalue weighted by molar-refractivity contribution is -0.165. The molecule has 0 saturated carbocycles. The van der Waals surface area contributed by atoms with E-state index in [1.807, 2.05) is 0 Å². The van der Waals surface area contributed by atoms with Crippen molar-refractivity contribution >= 4 is 11.9 Å². The second-order valence-corrected chi connectivity index (χ2v) is 4.40. The van der Waals surface area contributed by atoms with Crippen molar-refractivity contribution in [3.63, 3.8) is 0 Å². The number of methoxy groups -OCH3 is 1. The van der Waals surface area contributed by atoms with E-state index in [-0.39, 0.29) is 5.41 Å². The van der Waals surface area contributed by atoms with Crippen LogP contribution < -0.4 is 5.32 Å². The van der Waals surface area contributed by atoms with Crippen molar-refractivity contribution in [1.29, 1.82) is 0 Å². The van der Waals surface area contributed by atoms with Crippen LogP contribution in [0.5, 0.6) is 0 Å². The lowest BCUT2D eigenvalue weighted by Crippen LogP contribution is -2.62. The van der Waals surface area contributed by atoms with Gasteiger partial charge in [-0.2, -0.15) is 0 Å². The van der Waals surface area contributed by atoms with Crippen LogP contribution in [-0.4, -0.2) is 50.1 Å². The van der Waals surface area contributed by atoms with Gasteiger partial charge in [-0.25, -0.2) is 4.79 Å². The van der Waals surface area contributed by atoms with Gasteiger partial charge < -0.3 is 15.0 Å². The molecule has 15 heavy (non-hydrogen) atoms. The maximum Gasteiger partial charge on any atom is 0.396 e. The van der Waals surface area contributed by atoms with E-state index in [1.165, 1.54) is 7.11 Å². The van der Waals surface area contributed by atoms with Crippen LogP contribution in [0.15, 0.2) is 0 Å². The number of amides is 1. The predicted octanol–water partition coefficient (Wildman–Crippen LogP) is -0.629. The number of carbonyl (C=O) groups excluding carboxylic acids is 2. The van der Waals surface area contributed by atoms with E-state index >= 15 is 0 Å². The van der Waals surface area contributed by atoms with E-state index in [4.69, 9.17) is 0 Å². The number of rotatable bonds is 0.